The quantitative estimate of drug-likeness (QED) is 0.0190. The summed E-state index contributed by atoms with van der Waals surface area (Å²) in [6.07, 6.45) is 49.9. The van der Waals surface area contributed by atoms with E-state index in [0.29, 0.717) is 44.3 Å². The van der Waals surface area contributed by atoms with Crippen molar-refractivity contribution in [3.05, 3.63) is 138 Å². The van der Waals surface area contributed by atoms with Crippen molar-refractivity contribution in [3.63, 3.8) is 0 Å². The molecule has 0 amide bonds. The first kappa shape index (κ1) is 108. The summed E-state index contributed by atoms with van der Waals surface area (Å²) in [5.41, 5.74) is 4.72. The van der Waals surface area contributed by atoms with E-state index in [9.17, 15) is 71.7 Å². The van der Waals surface area contributed by atoms with E-state index in [4.69, 9.17) is 27.9 Å². The first-order chi connectivity index (χ1) is 42.7. The molecule has 0 atom stereocenters. The number of piperidine rings is 3. The Bertz CT molecular complexity index is 2470. The van der Waals surface area contributed by atoms with Gasteiger partial charge in [0.05, 0.1) is 78.5 Å². The van der Waals surface area contributed by atoms with Crippen molar-refractivity contribution in [2.45, 2.75) is 71.1 Å². The van der Waals surface area contributed by atoms with Crippen molar-refractivity contribution in [2.24, 2.45) is 33.9 Å². The molecule has 2 aromatic heterocycles. The Balaban J connectivity index is -0.000000104. The van der Waals surface area contributed by atoms with Crippen molar-refractivity contribution in [1.82, 2.24) is 29.2 Å². The molecule has 0 aliphatic carbocycles. The summed E-state index contributed by atoms with van der Waals surface area (Å²) in [6.45, 7) is 9.72. The van der Waals surface area contributed by atoms with Gasteiger partial charge in [0.2, 0.25) is 0 Å². The molecule has 3 saturated heterocycles. The fourth-order valence-electron chi connectivity index (χ4n) is 5.81. The number of aromatic nitrogens is 4. The second-order valence-corrected chi connectivity index (χ2v) is 20.4. The molecular formula is C58H97BCl2F10N11O10PS. The zero-order valence-corrected chi connectivity index (χ0v) is 58.2. The number of nitrogens with two attached hydrogens (primary N) is 1. The molecule has 3 aliphatic rings. The Morgan fingerprint density at radius 1 is 0.691 bits per heavy atom. The molecule has 5 heterocycles. The van der Waals surface area contributed by atoms with Crippen molar-refractivity contribution < 1.29 is 129 Å². The van der Waals surface area contributed by atoms with Gasteiger partial charge in [-0.25, -0.2) is 27.4 Å². The SMILES string of the molecule is C(/C=C/N1CCCCC1)=[N+]1CCCCC1.CCO/C=C/C=O.CN(C)/C=C/C=O.CN/C=C/C=[N+](C)C.Cn1ccc[n+](C)c1=O.Cn1ccc[n+](C)c1=S.FB(F)F.F[P-](F)(F)(F)(F)F.N/C=C/C=O.O=C/C=C/N1CCCCC1.O=C/C=C/O.O=CCC=O.[Cl-].[Cl-].[F-]. The van der Waals surface area contributed by atoms with Crippen LogP contribution in [0.2, 0.25) is 0 Å². The number of likely N-dealkylation sites (tertiary alicyclic amines) is 2. The number of aldehydes is 7. The normalized spacial score (nSPS) is 13.2. The number of ether oxygens (including phenoxy) is 1. The van der Waals surface area contributed by atoms with Crippen LogP contribution in [0.1, 0.15) is 71.1 Å². The predicted molar refractivity (Wildman–Crippen MR) is 344 cm³/mol. The smallest absolute Gasteiger partial charge is 0.145 e. The van der Waals surface area contributed by atoms with Crippen LogP contribution in [-0.2, 0) is 66.5 Å². The molecule has 0 bridgehead atoms. The number of aliphatic hydroxyl groups excluding tert-OH is 1. The minimum absolute atomic E-state index is 0. The molecule has 0 unspecified atom stereocenters. The summed E-state index contributed by atoms with van der Waals surface area (Å²) < 4.78 is 105. The van der Waals surface area contributed by atoms with E-state index in [2.05, 4.69) is 42.9 Å². The van der Waals surface area contributed by atoms with Gasteiger partial charge in [-0.1, -0.05) is 0 Å². The number of aliphatic hydroxyl groups is 1. The van der Waals surface area contributed by atoms with Crippen molar-refractivity contribution in [1.29, 1.82) is 0 Å². The molecule has 5 rings (SSSR count). The second kappa shape index (κ2) is 72.8. The molecule has 2 aromatic rings. The average Bonchev–Trinajstić information content (AvgIpc) is 0.802. The average molecular weight is 1440 g/mol. The third-order valence-electron chi connectivity index (χ3n) is 9.66. The number of rotatable bonds is 15. The molecule has 0 radical (unpaired) electrons. The van der Waals surface area contributed by atoms with Crippen LogP contribution in [-0.4, -0.2) is 183 Å². The number of aryl methyl sites for hydroxylation is 4. The molecule has 21 nitrogen and oxygen atoms in total. The van der Waals surface area contributed by atoms with Crippen molar-refractivity contribution in [3.8, 4) is 0 Å². The van der Waals surface area contributed by atoms with Crippen LogP contribution in [0.25, 0.3) is 0 Å². The molecule has 542 valence electrons. The van der Waals surface area contributed by atoms with E-state index in [1.807, 2.05) is 119 Å². The van der Waals surface area contributed by atoms with Crippen LogP contribution >= 0.6 is 20.0 Å². The number of nitrogens with one attached hydrogen (secondary N) is 1. The Morgan fingerprint density at radius 2 is 1.11 bits per heavy atom. The molecular weight excluding hydrogens is 1350 g/mol. The number of carbonyl (C=O) groups excluding carboxylic acids is 7. The minimum Gasteiger partial charge on any atom is -1.00 e. The van der Waals surface area contributed by atoms with Gasteiger partial charge in [0.1, 0.15) is 71.2 Å². The Hall–Kier alpha value is -7.64. The predicted octanol–water partition coefficient (Wildman–Crippen LogP) is -0.751. The van der Waals surface area contributed by atoms with Gasteiger partial charge < -0.3 is 74.7 Å². The number of hydrogen-bond acceptors (Lipinski definition) is 16. The first-order valence-corrected chi connectivity index (χ1v) is 30.3. The molecule has 0 aromatic carbocycles. The van der Waals surface area contributed by atoms with Crippen molar-refractivity contribution >= 4 is 84.0 Å². The van der Waals surface area contributed by atoms with Gasteiger partial charge in [0.25, 0.3) is 0 Å². The molecule has 36 heteroatoms. The van der Waals surface area contributed by atoms with E-state index in [0.717, 1.165) is 36.5 Å². The summed E-state index contributed by atoms with van der Waals surface area (Å²) in [4.78, 5) is 83.1. The maximum Gasteiger partial charge on any atom is 0.145 e. The zero-order chi connectivity index (χ0) is 71.3. The Morgan fingerprint density at radius 3 is 1.39 bits per heavy atom. The third kappa shape index (κ3) is 109. The van der Waals surface area contributed by atoms with Gasteiger partial charge in [-0.3, -0.25) is 36.9 Å². The number of hydrogen-bond donors (Lipinski definition) is 3. The first-order valence-electron chi connectivity index (χ1n) is 27.8. The van der Waals surface area contributed by atoms with E-state index >= 15 is 0 Å². The Labute approximate surface area is 564 Å². The van der Waals surface area contributed by atoms with Gasteiger partial charge in [-0.2, -0.15) is 4.79 Å². The van der Waals surface area contributed by atoms with Crippen LogP contribution in [0.3, 0.4) is 0 Å². The van der Waals surface area contributed by atoms with Gasteiger partial charge in [0.15, 0.2) is 12.4 Å². The fourth-order valence-corrected chi connectivity index (χ4v) is 5.93. The van der Waals surface area contributed by atoms with Crippen LogP contribution in [0.5, 0.6) is 0 Å². The van der Waals surface area contributed by atoms with Gasteiger partial charge in [0, 0.05) is 134 Å². The molecule has 94 heavy (non-hydrogen) atoms. The molecule has 4 N–H and O–H groups in total. The van der Waals surface area contributed by atoms with Gasteiger partial charge in [-0.15, -0.1) is 0 Å². The fraction of sp³-hybridized carbons (Fsp3) is 0.466. The minimum atomic E-state index is -10.7. The molecule has 3 fully saturated rings. The summed E-state index contributed by atoms with van der Waals surface area (Å²) >= 11 is 5.02. The number of carbonyl (C=O) groups is 7. The van der Waals surface area contributed by atoms with E-state index < -0.39 is 15.4 Å². The molecule has 3 aliphatic heterocycles. The zero-order valence-electron chi connectivity index (χ0n) is 55.0. The van der Waals surface area contributed by atoms with Crippen LogP contribution in [0.4, 0.5) is 38.1 Å². The monoisotopic (exact) mass is 1440 g/mol. The molecule has 0 spiro atoms. The summed E-state index contributed by atoms with van der Waals surface area (Å²) in [6, 6.07) is 3.78. The van der Waals surface area contributed by atoms with E-state index in [1.165, 1.54) is 124 Å². The van der Waals surface area contributed by atoms with Gasteiger partial charge in [-0.05, 0) is 76.3 Å². The number of allylic oxidation sites excluding steroid dienone is 7. The van der Waals surface area contributed by atoms with Gasteiger partial charge >= 0.3 is 51.0 Å². The Kier molecular flexibility index (Phi) is 83.6. The molecule has 0 saturated carbocycles. The maximum atomic E-state index is 10.9. The second-order valence-electron chi connectivity index (χ2n) is 18.1. The van der Waals surface area contributed by atoms with Crippen LogP contribution in [0.15, 0.2) is 128 Å². The largest absolute Gasteiger partial charge is 1.00 e. The number of nitrogens with zero attached hydrogens (tertiary/aromatic N) is 9. The van der Waals surface area contributed by atoms with Crippen LogP contribution in [0, 0.1) is 4.77 Å². The topological polar surface area (TPSA) is 237 Å². The summed E-state index contributed by atoms with van der Waals surface area (Å²) in [5.74, 6) is 0. The summed E-state index contributed by atoms with van der Waals surface area (Å²) in [5, 5.41) is 10.5. The number of halogens is 12. The van der Waals surface area contributed by atoms with E-state index in [1.54, 1.807) is 43.7 Å². The third-order valence-corrected chi connectivity index (χ3v) is 10.2. The standard InChI is InChI=1S/C13H23N2.C8H13NO.C6H9N2O.C6H9N2S.C6H12N2.C5H9NO.C5H8O2.C3H5NO.2C3H4O2.BF3.2ClH.F6P.FH/c1-3-8-14(9-4-1)12-7-13-15-10-5-2-6-11-15;10-8-4-7-9-5-2-1-3-6-9;2*1-7-4-3-5-8(2)6(7)9;1-7-5-4-6-8(2)3;1-6(2)4-3-5-7;1-2-7-5-3-4-6;3*4-2-1-3-5;2-1(3)4;;;1-7(2,3,4,5)6;/h7,12-13H,1-6,8-11H2;4,7-8H,1-3,5-6H2;2*3-5H,1-2H3;4-6H,1-3H3;3-5H,1-2H3;3-5H,2H2,1H3;1-3H,4H2;2-3H,1H2;1-4H;;2*1H;;1H/q+1;;2*+1;;;;;;;;;;-1;/p-2/b;7-4+;;;;4-3+;5-3+;2-1+;;2-1+;;;;;. The van der Waals surface area contributed by atoms with Crippen molar-refractivity contribution in [2.75, 3.05) is 81.1 Å². The van der Waals surface area contributed by atoms with E-state index in [-0.39, 0.29) is 41.6 Å². The maximum absolute atomic E-state index is 10.9. The van der Waals surface area contributed by atoms with Crippen LogP contribution < -0.4 is 55.4 Å². The summed E-state index contributed by atoms with van der Waals surface area (Å²) in [7, 11) is 2.56.